The first-order valence-corrected chi connectivity index (χ1v) is 11.7. The SMILES string of the molecule is CCCCn1c(CN(C2CC2)C(C)C2CC2)nc2cc(S(N)(=O)=O)ccc21. The van der Waals surface area contributed by atoms with Crippen LogP contribution in [0.2, 0.25) is 0 Å². The number of sulfonamides is 1. The van der Waals surface area contributed by atoms with E-state index in [1.165, 1.54) is 25.7 Å². The number of aromatic nitrogens is 2. The van der Waals surface area contributed by atoms with Crippen molar-refractivity contribution in [3.8, 4) is 0 Å². The highest BCUT2D eigenvalue weighted by atomic mass is 32.2. The fourth-order valence-electron chi connectivity index (χ4n) is 4.05. The monoisotopic (exact) mass is 390 g/mol. The van der Waals surface area contributed by atoms with Crippen molar-refractivity contribution in [1.82, 2.24) is 14.5 Å². The number of imidazole rings is 1. The number of hydrogen-bond acceptors (Lipinski definition) is 4. The number of nitrogens with zero attached hydrogens (tertiary/aromatic N) is 3. The summed E-state index contributed by atoms with van der Waals surface area (Å²) in [5, 5.41) is 5.31. The van der Waals surface area contributed by atoms with Crippen LogP contribution in [-0.4, -0.2) is 35.0 Å². The second-order valence-corrected chi connectivity index (χ2v) is 9.77. The van der Waals surface area contributed by atoms with Crippen LogP contribution in [0.5, 0.6) is 0 Å². The van der Waals surface area contributed by atoms with E-state index in [-0.39, 0.29) is 4.90 Å². The van der Waals surface area contributed by atoms with Gasteiger partial charge in [-0.3, -0.25) is 4.90 Å². The van der Waals surface area contributed by atoms with E-state index in [9.17, 15) is 8.42 Å². The molecule has 2 aliphatic rings. The Morgan fingerprint density at radius 1 is 1.30 bits per heavy atom. The van der Waals surface area contributed by atoms with Gasteiger partial charge in [0, 0.05) is 18.6 Å². The molecule has 1 aromatic carbocycles. The lowest BCUT2D eigenvalue weighted by atomic mass is 10.1. The largest absolute Gasteiger partial charge is 0.327 e. The molecule has 1 atom stereocenters. The molecule has 148 valence electrons. The van der Waals surface area contributed by atoms with Crippen LogP contribution in [-0.2, 0) is 23.1 Å². The number of unbranched alkanes of at least 4 members (excludes halogenated alkanes) is 1. The van der Waals surface area contributed by atoms with Crippen LogP contribution in [0.3, 0.4) is 0 Å². The van der Waals surface area contributed by atoms with E-state index in [0.717, 1.165) is 48.7 Å². The van der Waals surface area contributed by atoms with Gasteiger partial charge in [0.05, 0.1) is 22.5 Å². The summed E-state index contributed by atoms with van der Waals surface area (Å²) in [5.74, 6) is 1.87. The predicted molar refractivity (Wildman–Crippen MR) is 107 cm³/mol. The molecule has 7 heteroatoms. The topological polar surface area (TPSA) is 81.2 Å². The average molecular weight is 391 g/mol. The Labute approximate surface area is 161 Å². The van der Waals surface area contributed by atoms with Crippen molar-refractivity contribution in [3.05, 3.63) is 24.0 Å². The van der Waals surface area contributed by atoms with Gasteiger partial charge in [-0.15, -0.1) is 0 Å². The van der Waals surface area contributed by atoms with Gasteiger partial charge in [0.25, 0.3) is 0 Å². The second-order valence-electron chi connectivity index (χ2n) is 8.21. The lowest BCUT2D eigenvalue weighted by molar-refractivity contribution is 0.164. The number of fused-ring (bicyclic) bond motifs is 1. The van der Waals surface area contributed by atoms with Crippen LogP contribution in [0.25, 0.3) is 11.0 Å². The molecule has 1 aromatic heterocycles. The van der Waals surface area contributed by atoms with Crippen LogP contribution >= 0.6 is 0 Å². The molecule has 1 heterocycles. The Balaban J connectivity index is 1.70. The van der Waals surface area contributed by atoms with Crippen molar-refractivity contribution in [2.24, 2.45) is 11.1 Å². The van der Waals surface area contributed by atoms with Crippen molar-refractivity contribution in [3.63, 3.8) is 0 Å². The Bertz CT molecular complexity index is 929. The first-order valence-electron chi connectivity index (χ1n) is 10.2. The van der Waals surface area contributed by atoms with Crippen molar-refractivity contribution in [2.45, 2.75) is 82.4 Å². The number of nitrogens with two attached hydrogens (primary N) is 1. The molecule has 0 saturated heterocycles. The van der Waals surface area contributed by atoms with E-state index < -0.39 is 10.0 Å². The van der Waals surface area contributed by atoms with Gasteiger partial charge in [-0.05, 0) is 63.1 Å². The standard InChI is InChI=1S/C20H30N4O2S/c1-3-4-11-23-19-10-9-17(27(21,25)26)12-18(19)22-20(23)13-24(16-7-8-16)14(2)15-5-6-15/h9-10,12,14-16H,3-8,11,13H2,1-2H3,(H2,21,25,26). The molecule has 0 spiro atoms. The fourth-order valence-corrected chi connectivity index (χ4v) is 4.58. The first-order chi connectivity index (χ1) is 12.9. The molecular weight excluding hydrogens is 360 g/mol. The Kier molecular flexibility index (Phi) is 5.03. The summed E-state index contributed by atoms with van der Waals surface area (Å²) in [4.78, 5) is 7.61. The molecule has 2 fully saturated rings. The third-order valence-electron chi connectivity index (χ3n) is 6.03. The summed E-state index contributed by atoms with van der Waals surface area (Å²) in [6.07, 6.45) is 7.43. The fraction of sp³-hybridized carbons (Fsp3) is 0.650. The molecule has 27 heavy (non-hydrogen) atoms. The highest BCUT2D eigenvalue weighted by molar-refractivity contribution is 7.89. The minimum absolute atomic E-state index is 0.132. The normalized spacial score (nSPS) is 19.1. The Morgan fingerprint density at radius 2 is 2.04 bits per heavy atom. The molecule has 1 unspecified atom stereocenters. The summed E-state index contributed by atoms with van der Waals surface area (Å²) in [7, 11) is -3.72. The number of rotatable bonds is 9. The second kappa shape index (κ2) is 7.18. The zero-order valence-corrected chi connectivity index (χ0v) is 17.1. The Hall–Kier alpha value is -1.44. The van der Waals surface area contributed by atoms with Crippen molar-refractivity contribution < 1.29 is 8.42 Å². The van der Waals surface area contributed by atoms with Gasteiger partial charge in [-0.1, -0.05) is 13.3 Å². The average Bonchev–Trinajstić information content (AvgIpc) is 3.52. The number of primary sulfonamides is 1. The van der Waals surface area contributed by atoms with E-state index in [2.05, 4.69) is 23.3 Å². The first kappa shape index (κ1) is 18.9. The van der Waals surface area contributed by atoms with E-state index >= 15 is 0 Å². The number of hydrogen-bond donors (Lipinski definition) is 1. The van der Waals surface area contributed by atoms with Crippen LogP contribution in [0.4, 0.5) is 0 Å². The minimum atomic E-state index is -3.72. The van der Waals surface area contributed by atoms with Gasteiger partial charge in [0.15, 0.2) is 0 Å². The quantitative estimate of drug-likeness (QED) is 0.713. The van der Waals surface area contributed by atoms with E-state index in [1.54, 1.807) is 12.1 Å². The lowest BCUT2D eigenvalue weighted by Crippen LogP contribution is -2.36. The smallest absolute Gasteiger partial charge is 0.238 e. The summed E-state index contributed by atoms with van der Waals surface area (Å²) < 4.78 is 25.7. The third kappa shape index (κ3) is 4.05. The summed E-state index contributed by atoms with van der Waals surface area (Å²) in [6.45, 7) is 6.29. The lowest BCUT2D eigenvalue weighted by Gasteiger charge is -2.29. The van der Waals surface area contributed by atoms with Gasteiger partial charge in [0.2, 0.25) is 10.0 Å². The molecule has 6 nitrogen and oxygen atoms in total. The van der Waals surface area contributed by atoms with Gasteiger partial charge in [-0.2, -0.15) is 0 Å². The van der Waals surface area contributed by atoms with Crippen molar-refractivity contribution >= 4 is 21.1 Å². The molecule has 2 aromatic rings. The number of benzene rings is 1. The van der Waals surface area contributed by atoms with Crippen LogP contribution in [0, 0.1) is 5.92 Å². The molecule has 0 radical (unpaired) electrons. The molecule has 0 bridgehead atoms. The van der Waals surface area contributed by atoms with Crippen molar-refractivity contribution in [2.75, 3.05) is 0 Å². The highest BCUT2D eigenvalue weighted by Crippen LogP contribution is 2.40. The van der Waals surface area contributed by atoms with Crippen molar-refractivity contribution in [1.29, 1.82) is 0 Å². The van der Waals surface area contributed by atoms with Crippen LogP contribution in [0.1, 0.15) is 58.2 Å². The van der Waals surface area contributed by atoms with E-state index in [4.69, 9.17) is 10.1 Å². The zero-order valence-electron chi connectivity index (χ0n) is 16.3. The molecule has 2 N–H and O–H groups in total. The highest BCUT2D eigenvalue weighted by Gasteiger charge is 2.39. The zero-order chi connectivity index (χ0) is 19.2. The third-order valence-corrected chi connectivity index (χ3v) is 6.94. The van der Waals surface area contributed by atoms with Crippen LogP contribution in [0.15, 0.2) is 23.1 Å². The number of aryl methyl sites for hydroxylation is 1. The van der Waals surface area contributed by atoms with Gasteiger partial charge in [-0.25, -0.2) is 18.5 Å². The molecule has 4 rings (SSSR count). The van der Waals surface area contributed by atoms with E-state index in [0.29, 0.717) is 12.1 Å². The maximum Gasteiger partial charge on any atom is 0.238 e. The molecule has 2 saturated carbocycles. The predicted octanol–water partition coefficient (Wildman–Crippen LogP) is 3.25. The van der Waals surface area contributed by atoms with E-state index in [1.807, 2.05) is 6.07 Å². The summed E-state index contributed by atoms with van der Waals surface area (Å²) >= 11 is 0. The van der Waals surface area contributed by atoms with Crippen LogP contribution < -0.4 is 5.14 Å². The molecule has 2 aliphatic carbocycles. The minimum Gasteiger partial charge on any atom is -0.327 e. The maximum absolute atomic E-state index is 11.7. The van der Waals surface area contributed by atoms with Gasteiger partial charge in [0.1, 0.15) is 5.82 Å². The van der Waals surface area contributed by atoms with Gasteiger partial charge < -0.3 is 4.57 Å². The maximum atomic E-state index is 11.7. The molecular formula is C20H30N4O2S. The Morgan fingerprint density at radius 3 is 2.63 bits per heavy atom. The summed E-state index contributed by atoms with van der Waals surface area (Å²) in [5.41, 5.74) is 1.73. The molecule has 0 aliphatic heterocycles. The molecule has 0 amide bonds. The summed E-state index contributed by atoms with van der Waals surface area (Å²) in [6, 6.07) is 6.34. The van der Waals surface area contributed by atoms with Gasteiger partial charge >= 0.3 is 0 Å².